The quantitative estimate of drug-likeness (QED) is 0.711. The molecule has 0 saturated carbocycles. The highest BCUT2D eigenvalue weighted by Crippen LogP contribution is 2.18. The molecule has 1 aromatic carbocycles. The maximum absolute atomic E-state index is 12.0. The Morgan fingerprint density at radius 2 is 2.40 bits per heavy atom. The fourth-order valence-electron chi connectivity index (χ4n) is 1.78. The van der Waals surface area contributed by atoms with Crippen molar-refractivity contribution in [1.82, 2.24) is 5.32 Å². The Labute approximate surface area is 121 Å². The van der Waals surface area contributed by atoms with Gasteiger partial charge < -0.3 is 16.4 Å². The number of rotatable bonds is 2. The maximum Gasteiger partial charge on any atom is 0.279 e. The van der Waals surface area contributed by atoms with Gasteiger partial charge in [-0.3, -0.25) is 9.59 Å². The molecule has 1 aliphatic rings. The third kappa shape index (κ3) is 3.53. The Kier molecular flexibility index (Phi) is 4.66. The first-order valence-corrected chi connectivity index (χ1v) is 7.12. The summed E-state index contributed by atoms with van der Waals surface area (Å²) in [5.41, 5.74) is 7.82. The lowest BCUT2D eigenvalue weighted by Crippen LogP contribution is -2.38. The molecule has 2 amide bonds. The van der Waals surface area contributed by atoms with Crippen molar-refractivity contribution in [2.45, 2.75) is 13.0 Å². The highest BCUT2D eigenvalue weighted by molar-refractivity contribution is 8.14. The van der Waals surface area contributed by atoms with Crippen LogP contribution in [0.5, 0.6) is 0 Å². The molecule has 104 valence electrons. The lowest BCUT2D eigenvalue weighted by atomic mass is 10.1. The van der Waals surface area contributed by atoms with Gasteiger partial charge in [0, 0.05) is 17.0 Å². The first kappa shape index (κ1) is 14.4. The van der Waals surface area contributed by atoms with Crippen molar-refractivity contribution in [3.05, 3.63) is 29.3 Å². The first-order chi connectivity index (χ1) is 9.60. The minimum atomic E-state index is -0.469. The summed E-state index contributed by atoms with van der Waals surface area (Å²) in [6, 6.07) is 5.05. The Morgan fingerprint density at radius 3 is 3.00 bits per heavy atom. The summed E-state index contributed by atoms with van der Waals surface area (Å²) in [7, 11) is 0. The lowest BCUT2D eigenvalue weighted by molar-refractivity contribution is -0.117. The summed E-state index contributed by atoms with van der Waals surface area (Å²) in [5, 5.41) is 5.27. The van der Waals surface area contributed by atoms with Crippen molar-refractivity contribution < 1.29 is 9.59 Å². The highest BCUT2D eigenvalue weighted by atomic mass is 32.2. The number of aryl methyl sites for hydroxylation is 1. The van der Waals surface area contributed by atoms with E-state index in [4.69, 9.17) is 5.73 Å². The molecule has 1 unspecified atom stereocenters. The average molecular weight is 289 g/mol. The SMILES string of the molecule is Cc1cc(C#CCN)ccc1NC(=O)C1CSC(=O)N1. The number of hydrogen-bond acceptors (Lipinski definition) is 4. The predicted molar refractivity (Wildman–Crippen MR) is 80.5 cm³/mol. The number of benzene rings is 1. The van der Waals surface area contributed by atoms with Crippen LogP contribution in [0.4, 0.5) is 10.5 Å². The van der Waals surface area contributed by atoms with Crippen LogP contribution in [0.2, 0.25) is 0 Å². The van der Waals surface area contributed by atoms with E-state index < -0.39 is 6.04 Å². The van der Waals surface area contributed by atoms with E-state index in [-0.39, 0.29) is 11.1 Å². The Morgan fingerprint density at radius 1 is 1.60 bits per heavy atom. The standard InChI is InChI=1S/C14H15N3O2S/c1-9-7-10(3-2-6-15)4-5-11(9)16-13(18)12-8-20-14(19)17-12/h4-5,7,12H,6,8,15H2,1H3,(H,16,18)(H,17,19). The van der Waals surface area contributed by atoms with Crippen LogP contribution >= 0.6 is 11.8 Å². The Hall–Kier alpha value is -1.97. The summed E-state index contributed by atoms with van der Waals surface area (Å²) in [6.07, 6.45) is 0. The fourth-order valence-corrected chi connectivity index (χ4v) is 2.56. The zero-order valence-corrected chi connectivity index (χ0v) is 11.8. The van der Waals surface area contributed by atoms with E-state index in [2.05, 4.69) is 22.5 Å². The number of nitrogens with two attached hydrogens (primary N) is 1. The molecule has 1 aliphatic heterocycles. The van der Waals surface area contributed by atoms with Crippen molar-refractivity contribution in [2.75, 3.05) is 17.6 Å². The number of amides is 2. The van der Waals surface area contributed by atoms with Gasteiger partial charge in [-0.15, -0.1) is 0 Å². The van der Waals surface area contributed by atoms with Gasteiger partial charge in [-0.05, 0) is 30.7 Å². The van der Waals surface area contributed by atoms with E-state index in [1.54, 1.807) is 6.07 Å². The predicted octanol–water partition coefficient (Wildman–Crippen LogP) is 1.07. The van der Waals surface area contributed by atoms with Crippen molar-refractivity contribution >= 4 is 28.6 Å². The van der Waals surface area contributed by atoms with Crippen LogP contribution in [0, 0.1) is 18.8 Å². The molecule has 5 nitrogen and oxygen atoms in total. The summed E-state index contributed by atoms with van der Waals surface area (Å²) >= 11 is 1.12. The molecule has 1 saturated heterocycles. The van der Waals surface area contributed by atoms with Gasteiger partial charge in [-0.25, -0.2) is 0 Å². The highest BCUT2D eigenvalue weighted by Gasteiger charge is 2.28. The lowest BCUT2D eigenvalue weighted by Gasteiger charge is -2.12. The number of nitrogens with one attached hydrogen (secondary N) is 2. The third-order valence-corrected chi connectivity index (χ3v) is 3.69. The first-order valence-electron chi connectivity index (χ1n) is 6.14. The number of carbonyl (C=O) groups excluding carboxylic acids is 2. The van der Waals surface area contributed by atoms with E-state index in [1.807, 2.05) is 19.1 Å². The van der Waals surface area contributed by atoms with Crippen LogP contribution in [0.15, 0.2) is 18.2 Å². The van der Waals surface area contributed by atoms with Crippen LogP contribution < -0.4 is 16.4 Å². The van der Waals surface area contributed by atoms with Crippen molar-refractivity contribution in [1.29, 1.82) is 0 Å². The molecular formula is C14H15N3O2S. The monoisotopic (exact) mass is 289 g/mol. The van der Waals surface area contributed by atoms with Crippen LogP contribution in [0.25, 0.3) is 0 Å². The second kappa shape index (κ2) is 6.46. The molecule has 4 N–H and O–H groups in total. The molecular weight excluding hydrogens is 274 g/mol. The smallest absolute Gasteiger partial charge is 0.279 e. The molecule has 0 spiro atoms. The average Bonchev–Trinajstić information content (AvgIpc) is 2.86. The Bertz CT molecular complexity index is 604. The van der Waals surface area contributed by atoms with Gasteiger partial charge in [0.25, 0.3) is 5.24 Å². The van der Waals surface area contributed by atoms with Crippen LogP contribution in [-0.4, -0.2) is 29.5 Å². The van der Waals surface area contributed by atoms with Crippen LogP contribution in [0.3, 0.4) is 0 Å². The van der Waals surface area contributed by atoms with E-state index in [9.17, 15) is 9.59 Å². The summed E-state index contributed by atoms with van der Waals surface area (Å²) in [5.74, 6) is 5.98. The molecule has 1 heterocycles. The number of carbonyl (C=O) groups is 2. The van der Waals surface area contributed by atoms with Crippen molar-refractivity contribution in [2.24, 2.45) is 5.73 Å². The largest absolute Gasteiger partial charge is 0.334 e. The molecule has 1 atom stereocenters. The Balaban J connectivity index is 2.06. The van der Waals surface area contributed by atoms with Gasteiger partial charge in [0.05, 0.1) is 6.54 Å². The summed E-state index contributed by atoms with van der Waals surface area (Å²) in [4.78, 5) is 23.1. The van der Waals surface area contributed by atoms with Gasteiger partial charge in [-0.1, -0.05) is 23.6 Å². The number of thioether (sulfide) groups is 1. The number of hydrogen-bond donors (Lipinski definition) is 3. The topological polar surface area (TPSA) is 84.2 Å². The second-order valence-corrected chi connectivity index (χ2v) is 5.31. The fraction of sp³-hybridized carbons (Fsp3) is 0.286. The van der Waals surface area contributed by atoms with E-state index in [1.165, 1.54) is 0 Å². The van der Waals surface area contributed by atoms with Gasteiger partial charge >= 0.3 is 0 Å². The van der Waals surface area contributed by atoms with Crippen LogP contribution in [0.1, 0.15) is 11.1 Å². The molecule has 20 heavy (non-hydrogen) atoms. The molecule has 2 rings (SSSR count). The van der Waals surface area contributed by atoms with Gasteiger partial charge in [0.1, 0.15) is 6.04 Å². The minimum absolute atomic E-state index is 0.158. The normalized spacial score (nSPS) is 17.1. The molecule has 6 heteroatoms. The van der Waals surface area contributed by atoms with E-state index in [0.29, 0.717) is 12.3 Å². The van der Waals surface area contributed by atoms with E-state index >= 15 is 0 Å². The van der Waals surface area contributed by atoms with Gasteiger partial charge in [0.2, 0.25) is 5.91 Å². The zero-order valence-electron chi connectivity index (χ0n) is 11.0. The van der Waals surface area contributed by atoms with Crippen molar-refractivity contribution in [3.63, 3.8) is 0 Å². The molecule has 0 radical (unpaired) electrons. The zero-order chi connectivity index (χ0) is 14.5. The molecule has 0 aliphatic carbocycles. The van der Waals surface area contributed by atoms with Crippen molar-refractivity contribution in [3.8, 4) is 11.8 Å². The van der Waals surface area contributed by atoms with Gasteiger partial charge in [0.15, 0.2) is 0 Å². The van der Waals surface area contributed by atoms with Crippen LogP contribution in [-0.2, 0) is 4.79 Å². The van der Waals surface area contributed by atoms with Gasteiger partial charge in [-0.2, -0.15) is 0 Å². The third-order valence-electron chi connectivity index (χ3n) is 2.81. The molecule has 0 bridgehead atoms. The summed E-state index contributed by atoms with van der Waals surface area (Å²) in [6.45, 7) is 2.21. The number of anilines is 1. The molecule has 0 aromatic heterocycles. The maximum atomic E-state index is 12.0. The molecule has 1 aromatic rings. The molecule has 1 fully saturated rings. The second-order valence-electron chi connectivity index (χ2n) is 4.32. The summed E-state index contributed by atoms with van der Waals surface area (Å²) < 4.78 is 0. The van der Waals surface area contributed by atoms with E-state index in [0.717, 1.165) is 28.6 Å². The minimum Gasteiger partial charge on any atom is -0.334 e.